The Labute approximate surface area is 235 Å². The predicted molar refractivity (Wildman–Crippen MR) is 156 cm³/mol. The molecule has 0 unspecified atom stereocenters. The molecule has 0 aromatic heterocycles. The fraction of sp³-hybridized carbons (Fsp3) is 0.333. The zero-order valence-electron chi connectivity index (χ0n) is 23.2. The van der Waals surface area contributed by atoms with Crippen molar-refractivity contribution in [2.45, 2.75) is 52.0 Å². The van der Waals surface area contributed by atoms with E-state index in [-0.39, 0.29) is 47.2 Å². The molecule has 40 heavy (non-hydrogen) atoms. The lowest BCUT2D eigenvalue weighted by atomic mass is 9.99. The minimum absolute atomic E-state index is 0.0329. The Hall–Kier alpha value is -4.05. The summed E-state index contributed by atoms with van der Waals surface area (Å²) in [5, 5.41) is 23.4. The van der Waals surface area contributed by atoms with E-state index < -0.39 is 16.1 Å². The topological polar surface area (TPSA) is 136 Å². The van der Waals surface area contributed by atoms with Crippen LogP contribution in [-0.2, 0) is 34.2 Å². The molecule has 0 aliphatic heterocycles. The SMILES string of the molecule is CC(=O)Nc1ccc(S(=O)(=O)Nc2cccc(C[C@@H](C)CN(Cc3ccccc3)C(=O)O)c2O)c(CC(C)C)c1. The zero-order valence-corrected chi connectivity index (χ0v) is 24.0. The summed E-state index contributed by atoms with van der Waals surface area (Å²) in [6.07, 6.45) is -0.233. The molecule has 0 aliphatic carbocycles. The minimum atomic E-state index is -4.08. The fourth-order valence-corrected chi connectivity index (χ4v) is 5.89. The van der Waals surface area contributed by atoms with E-state index in [1.54, 1.807) is 18.2 Å². The van der Waals surface area contributed by atoms with Crippen molar-refractivity contribution in [3.05, 3.63) is 83.4 Å². The van der Waals surface area contributed by atoms with Crippen LogP contribution in [0.15, 0.2) is 71.6 Å². The lowest BCUT2D eigenvalue weighted by Gasteiger charge is -2.24. The maximum absolute atomic E-state index is 13.4. The standard InChI is InChI=1S/C30H37N3O6S/c1-20(2)15-25-17-26(31-22(4)34)13-14-28(25)40(38,39)32-27-12-8-11-24(29(27)35)16-21(3)18-33(30(36)37)19-23-9-6-5-7-10-23/h5-14,17,20-21,32,35H,15-16,18-19H2,1-4H3,(H,31,34)(H,36,37)/t21-/m1/s1. The maximum Gasteiger partial charge on any atom is 0.407 e. The van der Waals surface area contributed by atoms with E-state index in [0.717, 1.165) is 5.56 Å². The Morgan fingerprint density at radius 2 is 1.62 bits per heavy atom. The van der Waals surface area contributed by atoms with Gasteiger partial charge in [-0.2, -0.15) is 0 Å². The van der Waals surface area contributed by atoms with Crippen molar-refractivity contribution in [2.75, 3.05) is 16.6 Å². The number of nitrogens with one attached hydrogen (secondary N) is 2. The molecule has 0 radical (unpaired) electrons. The molecule has 3 aromatic rings. The zero-order chi connectivity index (χ0) is 29.4. The molecule has 0 saturated heterocycles. The monoisotopic (exact) mass is 567 g/mol. The van der Waals surface area contributed by atoms with Crippen LogP contribution in [0.4, 0.5) is 16.2 Å². The van der Waals surface area contributed by atoms with E-state index in [2.05, 4.69) is 10.0 Å². The number of anilines is 2. The molecule has 0 aliphatic rings. The number of hydrogen-bond donors (Lipinski definition) is 4. The second-order valence-corrected chi connectivity index (χ2v) is 12.1. The third-order valence-electron chi connectivity index (χ3n) is 6.25. The number of amides is 2. The van der Waals surface area contributed by atoms with Crippen LogP contribution in [0.25, 0.3) is 0 Å². The highest BCUT2D eigenvalue weighted by molar-refractivity contribution is 7.92. The second kappa shape index (κ2) is 13.3. The van der Waals surface area contributed by atoms with Crippen molar-refractivity contribution in [3.63, 3.8) is 0 Å². The molecule has 9 nitrogen and oxygen atoms in total. The lowest BCUT2D eigenvalue weighted by molar-refractivity contribution is -0.114. The van der Waals surface area contributed by atoms with Crippen LogP contribution in [0, 0.1) is 11.8 Å². The Morgan fingerprint density at radius 1 is 0.925 bits per heavy atom. The fourth-order valence-electron chi connectivity index (χ4n) is 4.59. The van der Waals surface area contributed by atoms with Crippen molar-refractivity contribution in [2.24, 2.45) is 11.8 Å². The normalized spacial score (nSPS) is 12.1. The van der Waals surface area contributed by atoms with Gasteiger partial charge >= 0.3 is 6.09 Å². The number of aromatic hydroxyl groups is 1. The number of phenols is 1. The van der Waals surface area contributed by atoms with Crippen LogP contribution in [0.1, 0.15) is 44.4 Å². The molecular weight excluding hydrogens is 530 g/mol. The highest BCUT2D eigenvalue weighted by Gasteiger charge is 2.23. The Balaban J connectivity index is 1.80. The maximum atomic E-state index is 13.4. The molecule has 0 saturated carbocycles. The molecule has 214 valence electrons. The number of benzene rings is 3. The molecule has 10 heteroatoms. The van der Waals surface area contributed by atoms with Gasteiger partial charge in [0.2, 0.25) is 5.91 Å². The smallest absolute Gasteiger partial charge is 0.407 e. The van der Waals surface area contributed by atoms with E-state index in [9.17, 15) is 28.2 Å². The summed E-state index contributed by atoms with van der Waals surface area (Å²) in [7, 11) is -4.08. The highest BCUT2D eigenvalue weighted by atomic mass is 32.2. The summed E-state index contributed by atoms with van der Waals surface area (Å²) in [5.74, 6) is -0.460. The number of carbonyl (C=O) groups is 2. The molecule has 0 bridgehead atoms. The molecule has 0 heterocycles. The van der Waals surface area contributed by atoms with Crippen LogP contribution < -0.4 is 10.0 Å². The summed E-state index contributed by atoms with van der Waals surface area (Å²) in [6, 6.07) is 18.7. The molecule has 2 amide bonds. The summed E-state index contributed by atoms with van der Waals surface area (Å²) >= 11 is 0. The van der Waals surface area contributed by atoms with E-state index >= 15 is 0 Å². The van der Waals surface area contributed by atoms with Gasteiger partial charge in [0.05, 0.1) is 10.6 Å². The van der Waals surface area contributed by atoms with Crippen LogP contribution >= 0.6 is 0 Å². The van der Waals surface area contributed by atoms with Crippen molar-refractivity contribution in [1.82, 2.24) is 4.90 Å². The Bertz CT molecular complexity index is 1440. The number of rotatable bonds is 12. The molecule has 3 aromatic carbocycles. The second-order valence-electron chi connectivity index (χ2n) is 10.5. The van der Waals surface area contributed by atoms with Crippen molar-refractivity contribution in [1.29, 1.82) is 0 Å². The first-order valence-corrected chi connectivity index (χ1v) is 14.6. The van der Waals surface area contributed by atoms with Gasteiger partial charge in [0, 0.05) is 25.7 Å². The van der Waals surface area contributed by atoms with Crippen molar-refractivity contribution >= 4 is 33.4 Å². The van der Waals surface area contributed by atoms with Gasteiger partial charge in [0.25, 0.3) is 10.0 Å². The summed E-state index contributed by atoms with van der Waals surface area (Å²) < 4.78 is 29.4. The largest absolute Gasteiger partial charge is 0.505 e. The lowest BCUT2D eigenvalue weighted by Crippen LogP contribution is -2.33. The van der Waals surface area contributed by atoms with Gasteiger partial charge < -0.3 is 20.4 Å². The van der Waals surface area contributed by atoms with Crippen molar-refractivity contribution < 1.29 is 28.2 Å². The quantitative estimate of drug-likeness (QED) is 0.207. The highest BCUT2D eigenvalue weighted by Crippen LogP contribution is 2.33. The summed E-state index contributed by atoms with van der Waals surface area (Å²) in [4.78, 5) is 24.7. The first-order chi connectivity index (χ1) is 18.9. The van der Waals surface area contributed by atoms with Crippen LogP contribution in [0.5, 0.6) is 5.75 Å². The number of carbonyl (C=O) groups excluding carboxylic acids is 1. The predicted octanol–water partition coefficient (Wildman–Crippen LogP) is 5.71. The van der Waals surface area contributed by atoms with Crippen molar-refractivity contribution in [3.8, 4) is 5.75 Å². The van der Waals surface area contributed by atoms with E-state index in [1.165, 1.54) is 30.0 Å². The summed E-state index contributed by atoms with van der Waals surface area (Å²) in [6.45, 7) is 7.68. The average molecular weight is 568 g/mol. The number of nitrogens with zero attached hydrogens (tertiary/aromatic N) is 1. The number of carboxylic acid groups (broad SMARTS) is 1. The Morgan fingerprint density at radius 3 is 2.25 bits per heavy atom. The third-order valence-corrected chi connectivity index (χ3v) is 7.72. The molecule has 0 spiro atoms. The number of hydrogen-bond acceptors (Lipinski definition) is 5. The van der Waals surface area contributed by atoms with Crippen LogP contribution in [-0.4, -0.2) is 42.1 Å². The molecule has 1 atom stereocenters. The molecule has 0 fully saturated rings. The van der Waals surface area contributed by atoms with Gasteiger partial charge in [-0.1, -0.05) is 63.2 Å². The van der Waals surface area contributed by atoms with E-state index in [1.807, 2.05) is 51.1 Å². The average Bonchev–Trinajstić information content (AvgIpc) is 2.86. The number of sulfonamides is 1. The Kier molecular flexibility index (Phi) is 10.2. The van der Waals surface area contributed by atoms with E-state index in [4.69, 9.17) is 0 Å². The molecular formula is C30H37N3O6S. The van der Waals surface area contributed by atoms with Gasteiger partial charge in [0.1, 0.15) is 5.75 Å². The van der Waals surface area contributed by atoms with Gasteiger partial charge in [-0.25, -0.2) is 13.2 Å². The number of para-hydroxylation sites is 1. The van der Waals surface area contributed by atoms with Gasteiger partial charge in [-0.3, -0.25) is 9.52 Å². The third kappa shape index (κ3) is 8.47. The van der Waals surface area contributed by atoms with Gasteiger partial charge in [-0.05, 0) is 65.6 Å². The first kappa shape index (κ1) is 30.5. The van der Waals surface area contributed by atoms with Crippen LogP contribution in [0.3, 0.4) is 0 Å². The molecule has 4 N–H and O–H groups in total. The molecule has 3 rings (SSSR count). The first-order valence-electron chi connectivity index (χ1n) is 13.1. The van der Waals surface area contributed by atoms with Crippen LogP contribution in [0.2, 0.25) is 0 Å². The number of phenolic OH excluding ortho intramolecular Hbond substituents is 1. The van der Waals surface area contributed by atoms with Gasteiger partial charge in [-0.15, -0.1) is 0 Å². The minimum Gasteiger partial charge on any atom is -0.505 e. The summed E-state index contributed by atoms with van der Waals surface area (Å²) in [5.41, 5.74) is 2.46. The van der Waals surface area contributed by atoms with Gasteiger partial charge in [0.15, 0.2) is 0 Å². The van der Waals surface area contributed by atoms with E-state index in [0.29, 0.717) is 29.7 Å².